The minimum Gasteiger partial charge on any atom is -0.296 e. The molecule has 0 saturated carbocycles. The van der Waals surface area contributed by atoms with Crippen molar-refractivity contribution in [1.82, 2.24) is 14.6 Å². The molecule has 0 radical (unpaired) electrons. The summed E-state index contributed by atoms with van der Waals surface area (Å²) in [5.74, 6) is 0.688. The summed E-state index contributed by atoms with van der Waals surface area (Å²) in [5.41, 5.74) is 3.36. The van der Waals surface area contributed by atoms with Gasteiger partial charge in [-0.2, -0.15) is 0 Å². The van der Waals surface area contributed by atoms with Gasteiger partial charge in [0.2, 0.25) is 0 Å². The van der Waals surface area contributed by atoms with Gasteiger partial charge in [-0.3, -0.25) is 9.20 Å². The summed E-state index contributed by atoms with van der Waals surface area (Å²) in [5, 5.41) is 8.24. The van der Waals surface area contributed by atoms with E-state index >= 15 is 0 Å². The van der Waals surface area contributed by atoms with Crippen LogP contribution in [0.15, 0.2) is 42.5 Å². The minimum atomic E-state index is 0.549. The highest BCUT2D eigenvalue weighted by molar-refractivity contribution is 5.76. The van der Waals surface area contributed by atoms with E-state index in [9.17, 15) is 4.79 Å². The predicted molar refractivity (Wildman–Crippen MR) is 68.5 cm³/mol. The molecule has 0 saturated heterocycles. The first kappa shape index (κ1) is 10.7. The van der Waals surface area contributed by atoms with Gasteiger partial charge in [-0.15, -0.1) is 10.2 Å². The molecule has 0 amide bonds. The van der Waals surface area contributed by atoms with E-state index in [1.807, 2.05) is 37.3 Å². The highest BCUT2D eigenvalue weighted by Gasteiger charge is 2.10. The Kier molecular flexibility index (Phi) is 2.41. The zero-order valence-electron chi connectivity index (χ0n) is 9.87. The summed E-state index contributed by atoms with van der Waals surface area (Å²) in [6.07, 6.45) is 0.814. The molecular formula is C14H11N3O. The predicted octanol–water partition coefficient (Wildman–Crippen LogP) is 2.52. The van der Waals surface area contributed by atoms with Crippen molar-refractivity contribution in [2.45, 2.75) is 6.92 Å². The summed E-state index contributed by atoms with van der Waals surface area (Å²) in [6, 6.07) is 13.4. The van der Waals surface area contributed by atoms with Crippen LogP contribution in [0.25, 0.3) is 17.0 Å². The van der Waals surface area contributed by atoms with Crippen molar-refractivity contribution in [2.75, 3.05) is 0 Å². The van der Waals surface area contributed by atoms with E-state index in [-0.39, 0.29) is 0 Å². The highest BCUT2D eigenvalue weighted by atomic mass is 16.1. The van der Waals surface area contributed by atoms with Crippen LogP contribution in [-0.4, -0.2) is 20.9 Å². The Morgan fingerprint density at radius 1 is 1.06 bits per heavy atom. The zero-order chi connectivity index (χ0) is 12.5. The van der Waals surface area contributed by atoms with E-state index in [2.05, 4.69) is 10.2 Å². The molecule has 0 spiro atoms. The lowest BCUT2D eigenvalue weighted by molar-refractivity contribution is 0.111. The van der Waals surface area contributed by atoms with Gasteiger partial charge in [0.15, 0.2) is 17.8 Å². The van der Waals surface area contributed by atoms with Gasteiger partial charge >= 0.3 is 0 Å². The van der Waals surface area contributed by atoms with Crippen LogP contribution in [0.2, 0.25) is 0 Å². The Bertz CT molecular complexity index is 713. The van der Waals surface area contributed by atoms with Crippen LogP contribution in [0, 0.1) is 6.92 Å². The number of carbonyl (C=O) groups excluding carboxylic acids is 1. The van der Waals surface area contributed by atoms with Gasteiger partial charge < -0.3 is 0 Å². The number of nitrogens with zero attached hydrogens (tertiary/aromatic N) is 3. The molecule has 2 aromatic heterocycles. The molecule has 4 heteroatoms. The molecule has 0 N–H and O–H groups in total. The number of aryl methyl sites for hydroxylation is 1. The maximum Gasteiger partial charge on any atom is 0.168 e. The zero-order valence-corrected chi connectivity index (χ0v) is 9.87. The monoisotopic (exact) mass is 237 g/mol. The number of aldehydes is 1. The van der Waals surface area contributed by atoms with Crippen LogP contribution in [-0.2, 0) is 0 Å². The Balaban J connectivity index is 2.29. The van der Waals surface area contributed by atoms with E-state index in [1.54, 1.807) is 16.5 Å². The highest BCUT2D eigenvalue weighted by Crippen LogP contribution is 2.19. The molecule has 0 atom stereocenters. The molecular weight excluding hydrogens is 226 g/mol. The number of aromatic nitrogens is 3. The summed E-state index contributed by atoms with van der Waals surface area (Å²) >= 11 is 0. The number of fused-ring (bicyclic) bond motifs is 1. The van der Waals surface area contributed by atoms with Crippen molar-refractivity contribution in [3.05, 3.63) is 53.7 Å². The van der Waals surface area contributed by atoms with Gasteiger partial charge in [0.05, 0.1) is 5.69 Å². The van der Waals surface area contributed by atoms with Crippen molar-refractivity contribution in [3.8, 4) is 11.4 Å². The fourth-order valence-corrected chi connectivity index (χ4v) is 1.95. The van der Waals surface area contributed by atoms with Crippen LogP contribution in [0.4, 0.5) is 0 Å². The molecule has 4 nitrogen and oxygen atoms in total. The molecule has 3 aromatic rings. The second kappa shape index (κ2) is 4.07. The number of pyridine rings is 1. The van der Waals surface area contributed by atoms with Crippen molar-refractivity contribution < 1.29 is 4.79 Å². The summed E-state index contributed by atoms with van der Waals surface area (Å²) < 4.78 is 1.76. The molecule has 3 rings (SSSR count). The van der Waals surface area contributed by atoms with Crippen molar-refractivity contribution >= 4 is 11.9 Å². The third-order valence-electron chi connectivity index (χ3n) is 2.89. The van der Waals surface area contributed by atoms with Gasteiger partial charge in [0.25, 0.3) is 0 Å². The number of hydrogen-bond donors (Lipinski definition) is 0. The Labute approximate surface area is 104 Å². The third kappa shape index (κ3) is 1.59. The van der Waals surface area contributed by atoms with Crippen LogP contribution >= 0.6 is 0 Å². The normalized spacial score (nSPS) is 10.7. The van der Waals surface area contributed by atoms with E-state index in [0.717, 1.165) is 11.8 Å². The van der Waals surface area contributed by atoms with E-state index in [4.69, 9.17) is 0 Å². The Hall–Kier alpha value is -2.49. The number of benzene rings is 1. The molecule has 0 fully saturated rings. The third-order valence-corrected chi connectivity index (χ3v) is 2.89. The van der Waals surface area contributed by atoms with Crippen LogP contribution in [0.1, 0.15) is 16.1 Å². The van der Waals surface area contributed by atoms with Crippen molar-refractivity contribution in [2.24, 2.45) is 0 Å². The average Bonchev–Trinajstić information content (AvgIpc) is 2.83. The fraction of sp³-hybridized carbons (Fsp3) is 0.0714. The Morgan fingerprint density at radius 3 is 2.56 bits per heavy atom. The lowest BCUT2D eigenvalue weighted by Crippen LogP contribution is -1.97. The largest absolute Gasteiger partial charge is 0.296 e. The number of hydrogen-bond acceptors (Lipinski definition) is 3. The van der Waals surface area contributed by atoms with Crippen LogP contribution < -0.4 is 0 Å². The first-order chi connectivity index (χ1) is 8.79. The SMILES string of the molecule is Cc1ccc(-c2nnc3cccc(C=O)n23)cc1. The molecule has 1 aromatic carbocycles. The molecule has 88 valence electrons. The van der Waals surface area contributed by atoms with Crippen LogP contribution in [0.3, 0.4) is 0 Å². The van der Waals surface area contributed by atoms with Gasteiger partial charge in [-0.05, 0) is 19.1 Å². The quantitative estimate of drug-likeness (QED) is 0.643. The molecule has 0 bridgehead atoms. The van der Waals surface area contributed by atoms with Crippen LogP contribution in [0.5, 0.6) is 0 Å². The summed E-state index contributed by atoms with van der Waals surface area (Å²) in [4.78, 5) is 11.1. The molecule has 18 heavy (non-hydrogen) atoms. The summed E-state index contributed by atoms with van der Waals surface area (Å²) in [7, 11) is 0. The second-order valence-corrected chi connectivity index (χ2v) is 4.15. The maximum atomic E-state index is 11.1. The lowest BCUT2D eigenvalue weighted by Gasteiger charge is -2.03. The first-order valence-electron chi connectivity index (χ1n) is 5.66. The molecule has 0 aliphatic rings. The average molecular weight is 237 g/mol. The lowest BCUT2D eigenvalue weighted by atomic mass is 10.1. The topological polar surface area (TPSA) is 47.3 Å². The second-order valence-electron chi connectivity index (χ2n) is 4.15. The fourth-order valence-electron chi connectivity index (χ4n) is 1.95. The van der Waals surface area contributed by atoms with E-state index in [1.165, 1.54) is 5.56 Å². The molecule has 0 aliphatic carbocycles. The molecule has 0 unspecified atom stereocenters. The number of carbonyl (C=O) groups is 1. The summed E-state index contributed by atoms with van der Waals surface area (Å²) in [6.45, 7) is 2.03. The molecule has 2 heterocycles. The Morgan fingerprint density at radius 2 is 1.83 bits per heavy atom. The van der Waals surface area contributed by atoms with Gasteiger partial charge in [-0.25, -0.2) is 0 Å². The van der Waals surface area contributed by atoms with Gasteiger partial charge in [0, 0.05) is 5.56 Å². The standard InChI is InChI=1S/C14H11N3O/c1-10-5-7-11(8-6-10)14-16-15-13-4-2-3-12(9-18)17(13)14/h2-9H,1H3. The maximum absolute atomic E-state index is 11.1. The van der Waals surface area contributed by atoms with Crippen molar-refractivity contribution in [1.29, 1.82) is 0 Å². The van der Waals surface area contributed by atoms with Crippen molar-refractivity contribution in [3.63, 3.8) is 0 Å². The first-order valence-corrected chi connectivity index (χ1v) is 5.66. The molecule has 0 aliphatic heterocycles. The number of rotatable bonds is 2. The smallest absolute Gasteiger partial charge is 0.168 e. The van der Waals surface area contributed by atoms with E-state index in [0.29, 0.717) is 17.2 Å². The van der Waals surface area contributed by atoms with E-state index < -0.39 is 0 Å². The van der Waals surface area contributed by atoms with Gasteiger partial charge in [0.1, 0.15) is 0 Å². The minimum absolute atomic E-state index is 0.549. The van der Waals surface area contributed by atoms with Gasteiger partial charge in [-0.1, -0.05) is 35.9 Å².